The van der Waals surface area contributed by atoms with Gasteiger partial charge >= 0.3 is 0 Å². The van der Waals surface area contributed by atoms with E-state index in [-0.39, 0.29) is 0 Å². The highest BCUT2D eigenvalue weighted by atomic mass is 32.1. The highest BCUT2D eigenvalue weighted by Gasteiger charge is 2.18. The zero-order chi connectivity index (χ0) is 33.7. The predicted octanol–water partition coefficient (Wildman–Crippen LogP) is 12.3. The molecule has 0 saturated heterocycles. The summed E-state index contributed by atoms with van der Waals surface area (Å²) in [5.41, 5.74) is 13.1. The van der Waals surface area contributed by atoms with Gasteiger partial charge in [-0.2, -0.15) is 0 Å². The topological polar surface area (TPSA) is 51.6 Å². The summed E-state index contributed by atoms with van der Waals surface area (Å²) < 4.78 is 2.60. The van der Waals surface area contributed by atoms with Crippen molar-refractivity contribution in [1.29, 1.82) is 0 Å². The zero-order valence-electron chi connectivity index (χ0n) is 27.4. The molecule has 10 aromatic rings. The standard InChI is InChI=1S/C46H28N4S/c1-2-12-30(13-3-1)43-45(49-38-20-7-5-18-36(38)47-43)32-14-10-15-33(28-32)46-44(48-37-19-6-8-21-39(37)50-46)31-26-24-29(25-27-31)34-17-11-23-41-42(34)35-16-4-9-22-40(35)51-41/h1-28H. The normalized spacial score (nSPS) is 11.5. The summed E-state index contributed by atoms with van der Waals surface area (Å²) in [6.45, 7) is 0. The molecule has 0 amide bonds. The van der Waals surface area contributed by atoms with Crippen LogP contribution in [-0.2, 0) is 0 Å². The van der Waals surface area contributed by atoms with Gasteiger partial charge in [0.1, 0.15) is 0 Å². The van der Waals surface area contributed by atoms with Crippen LogP contribution in [0, 0.1) is 0 Å². The number of thiophene rings is 1. The van der Waals surface area contributed by atoms with Gasteiger partial charge in [-0.3, -0.25) is 0 Å². The van der Waals surface area contributed by atoms with Gasteiger partial charge in [0.05, 0.1) is 44.8 Å². The fraction of sp³-hybridized carbons (Fsp3) is 0. The molecular weight excluding hydrogens is 641 g/mol. The molecule has 0 aliphatic carbocycles. The van der Waals surface area contributed by atoms with Gasteiger partial charge in [-0.25, -0.2) is 19.9 Å². The average Bonchev–Trinajstić information content (AvgIpc) is 3.59. The SMILES string of the molecule is c1ccc(-c2nc3ccccc3nc2-c2cccc(-c3nc4ccccc4nc3-c3ccc(-c4cccc5sc6ccccc6c45)cc3)c2)cc1. The molecule has 10 rings (SSSR count). The molecule has 4 nitrogen and oxygen atoms in total. The third-order valence-electron chi connectivity index (χ3n) is 9.47. The molecule has 238 valence electrons. The number of fused-ring (bicyclic) bond motifs is 5. The largest absolute Gasteiger partial charge is 0.244 e. The van der Waals surface area contributed by atoms with Crippen molar-refractivity contribution in [2.45, 2.75) is 0 Å². The van der Waals surface area contributed by atoms with Gasteiger partial charge in [0, 0.05) is 42.4 Å². The molecule has 5 heteroatoms. The lowest BCUT2D eigenvalue weighted by Crippen LogP contribution is -1.97. The van der Waals surface area contributed by atoms with Crippen molar-refractivity contribution in [2.24, 2.45) is 0 Å². The van der Waals surface area contributed by atoms with Crippen LogP contribution in [0.1, 0.15) is 0 Å². The van der Waals surface area contributed by atoms with Gasteiger partial charge in [-0.15, -0.1) is 11.3 Å². The molecule has 0 unspecified atom stereocenters. The van der Waals surface area contributed by atoms with E-state index in [0.717, 1.165) is 67.1 Å². The summed E-state index contributed by atoms with van der Waals surface area (Å²) in [6.07, 6.45) is 0. The van der Waals surface area contributed by atoms with E-state index < -0.39 is 0 Å². The van der Waals surface area contributed by atoms with Crippen molar-refractivity contribution >= 4 is 53.6 Å². The second-order valence-electron chi connectivity index (χ2n) is 12.6. The Kier molecular flexibility index (Phi) is 6.96. The van der Waals surface area contributed by atoms with Crippen molar-refractivity contribution < 1.29 is 0 Å². The molecular formula is C46H28N4S. The predicted molar refractivity (Wildman–Crippen MR) is 213 cm³/mol. The lowest BCUT2D eigenvalue weighted by atomic mass is 9.96. The van der Waals surface area contributed by atoms with Gasteiger partial charge in [0.2, 0.25) is 0 Å². The van der Waals surface area contributed by atoms with Crippen LogP contribution < -0.4 is 0 Å². The van der Waals surface area contributed by atoms with Crippen LogP contribution in [0.4, 0.5) is 0 Å². The van der Waals surface area contributed by atoms with Crippen LogP contribution in [0.25, 0.3) is 98.4 Å². The number of hydrogen-bond donors (Lipinski definition) is 0. The second kappa shape index (κ2) is 12.1. The number of aromatic nitrogens is 4. The molecule has 0 fully saturated rings. The molecule has 0 spiro atoms. The van der Waals surface area contributed by atoms with Crippen LogP contribution in [0.2, 0.25) is 0 Å². The molecule has 3 aromatic heterocycles. The van der Waals surface area contributed by atoms with E-state index in [0.29, 0.717) is 0 Å². The van der Waals surface area contributed by atoms with E-state index in [1.165, 1.54) is 31.3 Å². The van der Waals surface area contributed by atoms with Crippen LogP contribution in [0.15, 0.2) is 170 Å². The summed E-state index contributed by atoms with van der Waals surface area (Å²) >= 11 is 1.84. The first kappa shape index (κ1) is 29.4. The molecule has 3 heterocycles. The maximum Gasteiger partial charge on any atom is 0.0973 e. The first-order chi connectivity index (χ1) is 25.3. The van der Waals surface area contributed by atoms with Crippen molar-refractivity contribution in [3.63, 3.8) is 0 Å². The van der Waals surface area contributed by atoms with Gasteiger partial charge in [0.15, 0.2) is 0 Å². The van der Waals surface area contributed by atoms with Crippen molar-refractivity contribution in [1.82, 2.24) is 19.9 Å². The average molecular weight is 669 g/mol. The minimum atomic E-state index is 0.823. The number of rotatable bonds is 5. The minimum absolute atomic E-state index is 0.823. The molecule has 0 atom stereocenters. The molecule has 0 bridgehead atoms. The van der Waals surface area contributed by atoms with Crippen LogP contribution >= 0.6 is 11.3 Å². The van der Waals surface area contributed by atoms with Crippen LogP contribution in [0.3, 0.4) is 0 Å². The van der Waals surface area contributed by atoms with E-state index in [1.54, 1.807) is 0 Å². The van der Waals surface area contributed by atoms with Gasteiger partial charge in [-0.1, -0.05) is 127 Å². The summed E-state index contributed by atoms with van der Waals surface area (Å²) in [5.74, 6) is 0. The third kappa shape index (κ3) is 5.14. The highest BCUT2D eigenvalue weighted by molar-refractivity contribution is 7.25. The zero-order valence-corrected chi connectivity index (χ0v) is 28.2. The van der Waals surface area contributed by atoms with Crippen LogP contribution in [-0.4, -0.2) is 19.9 Å². The Morgan fingerprint density at radius 1 is 0.314 bits per heavy atom. The summed E-state index contributed by atoms with van der Waals surface area (Å²) in [6, 6.07) is 58.9. The van der Waals surface area contributed by atoms with E-state index in [4.69, 9.17) is 19.9 Å². The Labute approximate surface area is 298 Å². The lowest BCUT2D eigenvalue weighted by molar-refractivity contribution is 1.28. The Balaban J connectivity index is 1.12. The first-order valence-electron chi connectivity index (χ1n) is 17.0. The molecule has 51 heavy (non-hydrogen) atoms. The maximum atomic E-state index is 5.24. The second-order valence-corrected chi connectivity index (χ2v) is 13.7. The Hall–Kier alpha value is -6.56. The summed E-state index contributed by atoms with van der Waals surface area (Å²) in [7, 11) is 0. The Bertz CT molecular complexity index is 2910. The number of hydrogen-bond acceptors (Lipinski definition) is 5. The first-order valence-corrected chi connectivity index (χ1v) is 17.8. The van der Waals surface area contributed by atoms with Gasteiger partial charge < -0.3 is 0 Å². The molecule has 0 radical (unpaired) electrons. The maximum absolute atomic E-state index is 5.24. The quantitative estimate of drug-likeness (QED) is 0.183. The molecule has 0 N–H and O–H groups in total. The molecule has 0 aliphatic heterocycles. The summed E-state index contributed by atoms with van der Waals surface area (Å²) in [5, 5.41) is 2.60. The van der Waals surface area contributed by atoms with Gasteiger partial charge in [0.25, 0.3) is 0 Å². The molecule has 0 saturated carbocycles. The van der Waals surface area contributed by atoms with Crippen molar-refractivity contribution in [2.75, 3.05) is 0 Å². The lowest BCUT2D eigenvalue weighted by Gasteiger charge is -2.14. The Morgan fingerprint density at radius 2 is 0.745 bits per heavy atom. The summed E-state index contributed by atoms with van der Waals surface area (Å²) in [4.78, 5) is 20.7. The minimum Gasteiger partial charge on any atom is -0.244 e. The monoisotopic (exact) mass is 668 g/mol. The van der Waals surface area contributed by atoms with E-state index in [1.807, 2.05) is 78.1 Å². The fourth-order valence-corrected chi connectivity index (χ4v) is 8.17. The fourth-order valence-electron chi connectivity index (χ4n) is 7.04. The van der Waals surface area contributed by atoms with Crippen LogP contribution in [0.5, 0.6) is 0 Å². The van der Waals surface area contributed by atoms with Gasteiger partial charge in [-0.05, 0) is 53.6 Å². The Morgan fingerprint density at radius 3 is 1.35 bits per heavy atom. The van der Waals surface area contributed by atoms with E-state index in [2.05, 4.69) is 103 Å². The number of benzene rings is 7. The van der Waals surface area contributed by atoms with E-state index in [9.17, 15) is 0 Å². The molecule has 7 aromatic carbocycles. The smallest absolute Gasteiger partial charge is 0.0973 e. The number of nitrogens with zero attached hydrogens (tertiary/aromatic N) is 4. The number of para-hydroxylation sites is 4. The van der Waals surface area contributed by atoms with Crippen molar-refractivity contribution in [3.8, 4) is 56.2 Å². The van der Waals surface area contributed by atoms with E-state index >= 15 is 0 Å². The molecule has 0 aliphatic rings. The third-order valence-corrected chi connectivity index (χ3v) is 10.6. The van der Waals surface area contributed by atoms with Crippen molar-refractivity contribution in [3.05, 3.63) is 170 Å². The highest BCUT2D eigenvalue weighted by Crippen LogP contribution is 2.41.